The number of benzene rings is 1. The van der Waals surface area contributed by atoms with Gasteiger partial charge < -0.3 is 10.4 Å². The normalized spacial score (nSPS) is 14.1. The maximum Gasteiger partial charge on any atom is 0.325 e. The van der Waals surface area contributed by atoms with E-state index in [1.54, 1.807) is 4.68 Å². The van der Waals surface area contributed by atoms with Gasteiger partial charge in [0.25, 0.3) is 0 Å². The van der Waals surface area contributed by atoms with Gasteiger partial charge in [-0.2, -0.15) is 5.10 Å². The molecular weight excluding hydrogens is 242 g/mol. The van der Waals surface area contributed by atoms with E-state index in [1.807, 2.05) is 30.3 Å². The second-order valence-corrected chi connectivity index (χ2v) is 4.62. The van der Waals surface area contributed by atoms with Crippen LogP contribution in [0.2, 0.25) is 0 Å². The van der Waals surface area contributed by atoms with Crippen LogP contribution in [0, 0.1) is 0 Å². The number of carboxylic acid groups (broad SMARTS) is 1. The van der Waals surface area contributed by atoms with Gasteiger partial charge >= 0.3 is 5.97 Å². The highest BCUT2D eigenvalue weighted by Gasteiger charge is 2.22. The number of nitrogens with one attached hydrogen (secondary N) is 1. The molecule has 0 bridgehead atoms. The Morgan fingerprint density at radius 1 is 1.37 bits per heavy atom. The van der Waals surface area contributed by atoms with E-state index < -0.39 is 5.97 Å². The van der Waals surface area contributed by atoms with Crippen LogP contribution in [0.4, 0.5) is 0 Å². The van der Waals surface area contributed by atoms with E-state index in [1.165, 1.54) is 0 Å². The first kappa shape index (κ1) is 11.9. The summed E-state index contributed by atoms with van der Waals surface area (Å²) in [6.45, 7) is 1.54. The van der Waals surface area contributed by atoms with Crippen LogP contribution >= 0.6 is 0 Å². The summed E-state index contributed by atoms with van der Waals surface area (Å²) in [5.41, 5.74) is 4.09. The number of aromatic nitrogens is 2. The summed E-state index contributed by atoms with van der Waals surface area (Å²) in [6, 6.07) is 9.90. The highest BCUT2D eigenvalue weighted by atomic mass is 16.4. The third-order valence-corrected chi connectivity index (χ3v) is 3.34. The summed E-state index contributed by atoms with van der Waals surface area (Å²) in [7, 11) is 0. The van der Waals surface area contributed by atoms with Gasteiger partial charge in [-0.15, -0.1) is 0 Å². The molecule has 2 heterocycles. The predicted molar refractivity (Wildman–Crippen MR) is 70.7 cm³/mol. The number of fused-ring (bicyclic) bond motifs is 1. The Labute approximate surface area is 110 Å². The molecule has 0 saturated heterocycles. The number of rotatable bonds is 3. The molecule has 1 aliphatic heterocycles. The average molecular weight is 257 g/mol. The van der Waals surface area contributed by atoms with Crippen LogP contribution in [0.1, 0.15) is 11.3 Å². The number of hydrogen-bond acceptors (Lipinski definition) is 3. The number of carbonyl (C=O) groups is 1. The average Bonchev–Trinajstić information content (AvgIpc) is 2.78. The van der Waals surface area contributed by atoms with Crippen molar-refractivity contribution < 1.29 is 9.90 Å². The monoisotopic (exact) mass is 257 g/mol. The molecule has 2 N–H and O–H groups in total. The first-order valence-corrected chi connectivity index (χ1v) is 6.32. The van der Waals surface area contributed by atoms with Gasteiger partial charge in [0.15, 0.2) is 0 Å². The first-order valence-electron chi connectivity index (χ1n) is 6.32. The molecule has 5 nitrogen and oxygen atoms in total. The van der Waals surface area contributed by atoms with Gasteiger partial charge in [-0.1, -0.05) is 30.3 Å². The van der Waals surface area contributed by atoms with Crippen LogP contribution in [-0.2, 0) is 24.3 Å². The minimum absolute atomic E-state index is 0.0742. The summed E-state index contributed by atoms with van der Waals surface area (Å²) in [5, 5.41) is 16.8. The van der Waals surface area contributed by atoms with Crippen molar-refractivity contribution in [2.45, 2.75) is 19.5 Å². The van der Waals surface area contributed by atoms with Crippen LogP contribution in [-0.4, -0.2) is 27.4 Å². The topological polar surface area (TPSA) is 67.1 Å². The highest BCUT2D eigenvalue weighted by molar-refractivity contribution is 5.68. The molecule has 0 spiro atoms. The van der Waals surface area contributed by atoms with E-state index in [2.05, 4.69) is 10.4 Å². The van der Waals surface area contributed by atoms with Gasteiger partial charge in [0.05, 0.1) is 5.69 Å². The SMILES string of the molecule is O=C(O)Cn1nc(-c2ccccc2)c2c1CCNC2. The molecule has 19 heavy (non-hydrogen) atoms. The standard InChI is InChI=1S/C14H15N3O2/c18-13(19)9-17-12-6-7-15-8-11(12)14(16-17)10-4-2-1-3-5-10/h1-5,15H,6-9H2,(H,18,19). The zero-order valence-electron chi connectivity index (χ0n) is 10.5. The summed E-state index contributed by atoms with van der Waals surface area (Å²) in [4.78, 5) is 10.9. The zero-order chi connectivity index (χ0) is 13.2. The fourth-order valence-corrected chi connectivity index (χ4v) is 2.51. The van der Waals surface area contributed by atoms with E-state index in [0.717, 1.165) is 42.0 Å². The van der Waals surface area contributed by atoms with Crippen LogP contribution in [0.5, 0.6) is 0 Å². The molecule has 98 valence electrons. The van der Waals surface area contributed by atoms with Crippen LogP contribution in [0.15, 0.2) is 30.3 Å². The maximum absolute atomic E-state index is 10.9. The molecule has 0 amide bonds. The second kappa shape index (κ2) is 4.85. The van der Waals surface area contributed by atoms with E-state index in [0.29, 0.717) is 0 Å². The molecule has 0 radical (unpaired) electrons. The van der Waals surface area contributed by atoms with Crippen molar-refractivity contribution >= 4 is 5.97 Å². The molecule has 0 aliphatic carbocycles. The molecule has 3 rings (SSSR count). The van der Waals surface area contributed by atoms with E-state index in [9.17, 15) is 4.79 Å². The number of hydrogen-bond donors (Lipinski definition) is 2. The molecule has 0 atom stereocenters. The predicted octanol–water partition coefficient (Wildman–Crippen LogP) is 1.28. The maximum atomic E-state index is 10.9. The van der Waals surface area contributed by atoms with Gasteiger partial charge in [-0.25, -0.2) is 0 Å². The Morgan fingerprint density at radius 3 is 2.89 bits per heavy atom. The lowest BCUT2D eigenvalue weighted by Gasteiger charge is -2.15. The third kappa shape index (κ3) is 2.24. The fraction of sp³-hybridized carbons (Fsp3) is 0.286. The van der Waals surface area contributed by atoms with Crippen molar-refractivity contribution in [2.75, 3.05) is 6.54 Å². The third-order valence-electron chi connectivity index (χ3n) is 3.34. The minimum atomic E-state index is -0.858. The first-order chi connectivity index (χ1) is 9.25. The molecule has 0 unspecified atom stereocenters. The number of carboxylic acids is 1. The van der Waals surface area contributed by atoms with Gasteiger partial charge in [-0.3, -0.25) is 9.48 Å². The molecule has 1 aliphatic rings. The van der Waals surface area contributed by atoms with Crippen molar-refractivity contribution in [3.05, 3.63) is 41.6 Å². The lowest BCUT2D eigenvalue weighted by Crippen LogP contribution is -2.25. The lowest BCUT2D eigenvalue weighted by atomic mass is 10.0. The van der Waals surface area contributed by atoms with Crippen molar-refractivity contribution in [3.8, 4) is 11.3 Å². The summed E-state index contributed by atoms with van der Waals surface area (Å²) in [6.07, 6.45) is 0.822. The Hall–Kier alpha value is -2.14. The summed E-state index contributed by atoms with van der Waals surface area (Å²) in [5.74, 6) is -0.858. The fourth-order valence-electron chi connectivity index (χ4n) is 2.51. The largest absolute Gasteiger partial charge is 0.480 e. The van der Waals surface area contributed by atoms with Gasteiger partial charge in [-0.05, 0) is 0 Å². The summed E-state index contributed by atoms with van der Waals surface area (Å²) >= 11 is 0. The molecule has 5 heteroatoms. The highest BCUT2D eigenvalue weighted by Crippen LogP contribution is 2.27. The zero-order valence-corrected chi connectivity index (χ0v) is 10.5. The van der Waals surface area contributed by atoms with E-state index in [-0.39, 0.29) is 6.54 Å². The number of aliphatic carboxylic acids is 1. The summed E-state index contributed by atoms with van der Waals surface area (Å²) < 4.78 is 1.63. The lowest BCUT2D eigenvalue weighted by molar-refractivity contribution is -0.137. The van der Waals surface area contributed by atoms with E-state index >= 15 is 0 Å². The molecule has 0 saturated carbocycles. The number of nitrogens with zero attached hydrogens (tertiary/aromatic N) is 2. The Kier molecular flexibility index (Phi) is 3.05. The van der Waals surface area contributed by atoms with Crippen molar-refractivity contribution in [2.24, 2.45) is 0 Å². The smallest absolute Gasteiger partial charge is 0.325 e. The molecular formula is C14H15N3O2. The molecule has 1 aromatic heterocycles. The van der Waals surface area contributed by atoms with Crippen LogP contribution < -0.4 is 5.32 Å². The van der Waals surface area contributed by atoms with Gasteiger partial charge in [0, 0.05) is 36.3 Å². The Balaban J connectivity index is 2.10. The Bertz CT molecular complexity index is 605. The molecule has 1 aromatic carbocycles. The van der Waals surface area contributed by atoms with Crippen LogP contribution in [0.3, 0.4) is 0 Å². The van der Waals surface area contributed by atoms with Gasteiger partial charge in [0.1, 0.15) is 6.54 Å². The van der Waals surface area contributed by atoms with E-state index in [4.69, 9.17) is 5.11 Å². The van der Waals surface area contributed by atoms with Gasteiger partial charge in [0.2, 0.25) is 0 Å². The minimum Gasteiger partial charge on any atom is -0.480 e. The molecule has 0 fully saturated rings. The Morgan fingerprint density at radius 2 is 2.16 bits per heavy atom. The van der Waals surface area contributed by atoms with Crippen molar-refractivity contribution in [1.82, 2.24) is 15.1 Å². The quantitative estimate of drug-likeness (QED) is 0.869. The van der Waals surface area contributed by atoms with Crippen molar-refractivity contribution in [3.63, 3.8) is 0 Å². The molecule has 2 aromatic rings. The van der Waals surface area contributed by atoms with Crippen molar-refractivity contribution in [1.29, 1.82) is 0 Å². The second-order valence-electron chi connectivity index (χ2n) is 4.62. The van der Waals surface area contributed by atoms with Crippen LogP contribution in [0.25, 0.3) is 11.3 Å².